The highest BCUT2D eigenvalue weighted by Gasteiger charge is 2.15. The SMILES string of the molecule is c1ccc(P(c2cccnc2)c2cccnc2)cc1. The fraction of sp³-hybridized carbons (Fsp3) is 0. The van der Waals surface area contributed by atoms with E-state index in [0.717, 1.165) is 0 Å². The van der Waals surface area contributed by atoms with E-state index in [1.807, 2.05) is 43.0 Å². The van der Waals surface area contributed by atoms with Crippen LogP contribution in [0.15, 0.2) is 79.4 Å². The zero-order valence-corrected chi connectivity index (χ0v) is 11.2. The zero-order valence-electron chi connectivity index (χ0n) is 10.3. The first kappa shape index (κ1) is 12.0. The Morgan fingerprint density at radius 3 is 1.58 bits per heavy atom. The molecular formula is C16H13N2P. The maximum absolute atomic E-state index is 4.25. The van der Waals surface area contributed by atoms with E-state index in [-0.39, 0.29) is 0 Å². The van der Waals surface area contributed by atoms with Gasteiger partial charge in [0.05, 0.1) is 0 Å². The highest BCUT2D eigenvalue weighted by Crippen LogP contribution is 2.31. The van der Waals surface area contributed by atoms with E-state index >= 15 is 0 Å². The van der Waals surface area contributed by atoms with Gasteiger partial charge in [-0.2, -0.15) is 0 Å². The lowest BCUT2D eigenvalue weighted by atomic mass is 10.4. The number of benzene rings is 1. The monoisotopic (exact) mass is 264 g/mol. The van der Waals surface area contributed by atoms with Gasteiger partial charge in [0.2, 0.25) is 0 Å². The van der Waals surface area contributed by atoms with E-state index in [1.165, 1.54) is 15.9 Å². The average Bonchev–Trinajstić information content (AvgIpc) is 2.51. The molecule has 0 spiro atoms. The number of rotatable bonds is 3. The van der Waals surface area contributed by atoms with E-state index < -0.39 is 7.92 Å². The molecule has 3 rings (SSSR count). The Balaban J connectivity index is 2.12. The number of aromatic nitrogens is 2. The van der Waals surface area contributed by atoms with E-state index in [1.54, 1.807) is 0 Å². The Morgan fingerprint density at radius 1 is 0.579 bits per heavy atom. The highest BCUT2D eigenvalue weighted by atomic mass is 31.1. The molecule has 0 aliphatic rings. The molecule has 3 heteroatoms. The predicted molar refractivity (Wildman–Crippen MR) is 80.7 cm³/mol. The smallest absolute Gasteiger partial charge is 0.0351 e. The van der Waals surface area contributed by atoms with Crippen molar-refractivity contribution in [3.8, 4) is 0 Å². The predicted octanol–water partition coefficient (Wildman–Crippen LogP) is 2.23. The molecule has 92 valence electrons. The van der Waals surface area contributed by atoms with Gasteiger partial charge >= 0.3 is 0 Å². The minimum Gasteiger partial charge on any atom is -0.264 e. The summed E-state index contributed by atoms with van der Waals surface area (Å²) in [5, 5.41) is 3.81. The number of pyridine rings is 2. The van der Waals surface area contributed by atoms with Gasteiger partial charge in [-0.1, -0.05) is 42.5 Å². The molecule has 2 aromatic heterocycles. The molecule has 0 aliphatic heterocycles. The van der Waals surface area contributed by atoms with Gasteiger partial charge in [0.1, 0.15) is 0 Å². The quantitative estimate of drug-likeness (QED) is 0.678. The maximum atomic E-state index is 4.25. The molecule has 2 nitrogen and oxygen atoms in total. The van der Waals surface area contributed by atoms with Crippen LogP contribution < -0.4 is 15.9 Å². The molecule has 19 heavy (non-hydrogen) atoms. The Labute approximate surface area is 113 Å². The summed E-state index contributed by atoms with van der Waals surface area (Å²) in [4.78, 5) is 8.50. The summed E-state index contributed by atoms with van der Waals surface area (Å²) in [5.74, 6) is 0. The maximum Gasteiger partial charge on any atom is 0.0351 e. The van der Waals surface area contributed by atoms with Gasteiger partial charge in [0.25, 0.3) is 0 Å². The second-order valence-corrected chi connectivity index (χ2v) is 6.31. The Bertz CT molecular complexity index is 533. The van der Waals surface area contributed by atoms with Crippen LogP contribution in [-0.4, -0.2) is 9.97 Å². The van der Waals surface area contributed by atoms with Crippen LogP contribution in [0.4, 0.5) is 0 Å². The first-order valence-electron chi connectivity index (χ1n) is 6.10. The zero-order chi connectivity index (χ0) is 12.9. The normalized spacial score (nSPS) is 10.6. The van der Waals surface area contributed by atoms with Crippen LogP contribution in [0.1, 0.15) is 0 Å². The molecule has 0 atom stereocenters. The summed E-state index contributed by atoms with van der Waals surface area (Å²) in [5.41, 5.74) is 0. The second-order valence-electron chi connectivity index (χ2n) is 4.09. The van der Waals surface area contributed by atoms with Crippen LogP contribution in [0.2, 0.25) is 0 Å². The Kier molecular flexibility index (Phi) is 3.62. The summed E-state index contributed by atoms with van der Waals surface area (Å²) in [7, 11) is -0.571. The molecule has 0 bridgehead atoms. The van der Waals surface area contributed by atoms with E-state index in [4.69, 9.17) is 0 Å². The summed E-state index contributed by atoms with van der Waals surface area (Å²) in [6.45, 7) is 0. The molecular weight excluding hydrogens is 251 g/mol. The lowest BCUT2D eigenvalue weighted by Gasteiger charge is -2.18. The second kappa shape index (κ2) is 5.73. The van der Waals surface area contributed by atoms with Crippen LogP contribution >= 0.6 is 7.92 Å². The van der Waals surface area contributed by atoms with Gasteiger partial charge in [-0.15, -0.1) is 0 Å². The summed E-state index contributed by atoms with van der Waals surface area (Å²) < 4.78 is 0. The van der Waals surface area contributed by atoms with E-state index in [0.29, 0.717) is 0 Å². The molecule has 0 fully saturated rings. The van der Waals surface area contributed by atoms with Gasteiger partial charge in [-0.05, 0) is 25.4 Å². The highest BCUT2D eigenvalue weighted by molar-refractivity contribution is 7.79. The number of nitrogens with zero attached hydrogens (tertiary/aromatic N) is 2. The van der Waals surface area contributed by atoms with Gasteiger partial charge in [-0.25, -0.2) is 0 Å². The molecule has 0 radical (unpaired) electrons. The summed E-state index contributed by atoms with van der Waals surface area (Å²) in [6, 6.07) is 18.8. The van der Waals surface area contributed by atoms with Gasteiger partial charge in [0, 0.05) is 35.4 Å². The van der Waals surface area contributed by atoms with Crippen LogP contribution in [0, 0.1) is 0 Å². The number of hydrogen-bond donors (Lipinski definition) is 0. The van der Waals surface area contributed by atoms with Crippen molar-refractivity contribution in [2.45, 2.75) is 0 Å². The Hall–Kier alpha value is -2.05. The van der Waals surface area contributed by atoms with Crippen molar-refractivity contribution < 1.29 is 0 Å². The molecule has 0 aliphatic carbocycles. The lowest BCUT2D eigenvalue weighted by molar-refractivity contribution is 1.34. The minimum absolute atomic E-state index is 0.571. The first-order valence-corrected chi connectivity index (χ1v) is 7.44. The van der Waals surface area contributed by atoms with E-state index in [2.05, 4.69) is 46.4 Å². The van der Waals surface area contributed by atoms with Crippen molar-refractivity contribution in [2.75, 3.05) is 0 Å². The molecule has 0 saturated carbocycles. The fourth-order valence-corrected chi connectivity index (χ4v) is 4.20. The topological polar surface area (TPSA) is 25.8 Å². The third-order valence-corrected chi connectivity index (χ3v) is 5.20. The van der Waals surface area contributed by atoms with Crippen LogP contribution in [0.25, 0.3) is 0 Å². The van der Waals surface area contributed by atoms with Crippen LogP contribution in [0.3, 0.4) is 0 Å². The molecule has 0 unspecified atom stereocenters. The van der Waals surface area contributed by atoms with Gasteiger partial charge in [0.15, 0.2) is 0 Å². The molecule has 0 saturated heterocycles. The molecule has 3 aromatic rings. The average molecular weight is 264 g/mol. The summed E-state index contributed by atoms with van der Waals surface area (Å²) in [6.07, 6.45) is 7.52. The van der Waals surface area contributed by atoms with Crippen molar-refractivity contribution in [3.05, 3.63) is 79.4 Å². The minimum atomic E-state index is -0.571. The third-order valence-electron chi connectivity index (χ3n) is 2.82. The van der Waals surface area contributed by atoms with Crippen molar-refractivity contribution in [3.63, 3.8) is 0 Å². The summed E-state index contributed by atoms with van der Waals surface area (Å²) >= 11 is 0. The molecule has 2 heterocycles. The third kappa shape index (κ3) is 2.69. The van der Waals surface area contributed by atoms with Crippen molar-refractivity contribution in [1.82, 2.24) is 9.97 Å². The van der Waals surface area contributed by atoms with Crippen LogP contribution in [0.5, 0.6) is 0 Å². The molecule has 1 aromatic carbocycles. The van der Waals surface area contributed by atoms with Gasteiger partial charge in [-0.3, -0.25) is 9.97 Å². The first-order chi connectivity index (χ1) is 9.45. The van der Waals surface area contributed by atoms with Crippen molar-refractivity contribution in [1.29, 1.82) is 0 Å². The van der Waals surface area contributed by atoms with Crippen molar-refractivity contribution >= 4 is 23.8 Å². The van der Waals surface area contributed by atoms with Crippen molar-refractivity contribution in [2.24, 2.45) is 0 Å². The molecule has 0 amide bonds. The van der Waals surface area contributed by atoms with E-state index in [9.17, 15) is 0 Å². The number of hydrogen-bond acceptors (Lipinski definition) is 2. The Morgan fingerprint density at radius 2 is 1.11 bits per heavy atom. The van der Waals surface area contributed by atoms with Crippen LogP contribution in [-0.2, 0) is 0 Å². The fourth-order valence-electron chi connectivity index (χ4n) is 2.00. The molecule has 0 N–H and O–H groups in total. The lowest BCUT2D eigenvalue weighted by Crippen LogP contribution is -2.20. The largest absolute Gasteiger partial charge is 0.264 e. The standard InChI is InChI=1S/C16H13N2P/c1-2-6-14(7-3-1)19(15-8-4-10-17-12-15)16-9-5-11-18-13-16/h1-13H. The van der Waals surface area contributed by atoms with Gasteiger partial charge < -0.3 is 0 Å².